The van der Waals surface area contributed by atoms with Crippen LogP contribution in [0.2, 0.25) is 0 Å². The number of nitrogens with one attached hydrogen (secondary N) is 1. The van der Waals surface area contributed by atoms with Gasteiger partial charge in [-0.25, -0.2) is 4.79 Å². The summed E-state index contributed by atoms with van der Waals surface area (Å²) in [4.78, 5) is 17.4. The highest BCUT2D eigenvalue weighted by atomic mass is 16.7. The van der Waals surface area contributed by atoms with Crippen molar-refractivity contribution in [3.05, 3.63) is 83.2 Å². The zero-order valence-electron chi connectivity index (χ0n) is 17.9. The fourth-order valence-electron chi connectivity index (χ4n) is 4.07. The fourth-order valence-corrected chi connectivity index (χ4v) is 4.07. The Morgan fingerprint density at radius 1 is 1.03 bits per heavy atom. The molecular weight excluding hydrogens is 374 g/mol. The van der Waals surface area contributed by atoms with Crippen LogP contribution in [0.1, 0.15) is 42.8 Å². The number of nitrogens with zero attached hydrogens (tertiary/aromatic N) is 2. The number of rotatable bonds is 3. The molecule has 2 aromatic carbocycles. The van der Waals surface area contributed by atoms with Crippen LogP contribution in [-0.4, -0.2) is 16.4 Å². The Balaban J connectivity index is 1.65. The van der Waals surface area contributed by atoms with E-state index < -0.39 is 6.09 Å². The van der Waals surface area contributed by atoms with E-state index >= 15 is 0 Å². The molecule has 0 saturated carbocycles. The number of fused-ring (bicyclic) bond motifs is 1. The van der Waals surface area contributed by atoms with Crippen molar-refractivity contribution in [3.8, 4) is 5.69 Å². The molecule has 5 heteroatoms. The van der Waals surface area contributed by atoms with Crippen LogP contribution in [0.4, 0.5) is 10.5 Å². The molecule has 5 nitrogen and oxygen atoms in total. The highest BCUT2D eigenvalue weighted by molar-refractivity contribution is 6.03. The van der Waals surface area contributed by atoms with Crippen LogP contribution in [0.3, 0.4) is 0 Å². The lowest BCUT2D eigenvalue weighted by molar-refractivity contribution is 0.165. The van der Waals surface area contributed by atoms with E-state index in [0.717, 1.165) is 35.5 Å². The molecule has 4 rings (SSSR count). The van der Waals surface area contributed by atoms with Crippen LogP contribution in [0.5, 0.6) is 0 Å². The lowest BCUT2D eigenvalue weighted by Gasteiger charge is -2.31. The first-order valence-electron chi connectivity index (χ1n) is 10.2. The van der Waals surface area contributed by atoms with E-state index in [2.05, 4.69) is 73.1 Å². The molecule has 1 aromatic heterocycles. The van der Waals surface area contributed by atoms with E-state index in [9.17, 15) is 4.79 Å². The summed E-state index contributed by atoms with van der Waals surface area (Å²) >= 11 is 0. The molecule has 0 bridgehead atoms. The summed E-state index contributed by atoms with van der Waals surface area (Å²) in [7, 11) is 0. The molecule has 0 aliphatic heterocycles. The van der Waals surface area contributed by atoms with Gasteiger partial charge in [0.2, 0.25) is 0 Å². The number of carbonyl (C=O) groups excluding carboxylic acids is 1. The first kappa shape index (κ1) is 20.0. The molecule has 1 N–H and O–H groups in total. The van der Waals surface area contributed by atoms with Gasteiger partial charge in [0.25, 0.3) is 0 Å². The molecule has 154 valence electrons. The molecule has 3 aromatic rings. The van der Waals surface area contributed by atoms with Gasteiger partial charge in [-0.2, -0.15) is 0 Å². The first-order chi connectivity index (χ1) is 14.3. The summed E-state index contributed by atoms with van der Waals surface area (Å²) in [6, 6.07) is 19.9. The maximum absolute atomic E-state index is 12.2. The van der Waals surface area contributed by atoms with Gasteiger partial charge in [0, 0.05) is 28.3 Å². The van der Waals surface area contributed by atoms with Gasteiger partial charge < -0.3 is 4.57 Å². The number of hydrogen-bond acceptors (Lipinski definition) is 3. The zero-order valence-corrected chi connectivity index (χ0v) is 17.9. The van der Waals surface area contributed by atoms with Crippen LogP contribution in [-0.2, 0) is 11.3 Å². The van der Waals surface area contributed by atoms with Gasteiger partial charge in [0.1, 0.15) is 0 Å². The number of oxime groups is 1. The van der Waals surface area contributed by atoms with Crippen LogP contribution < -0.4 is 5.32 Å². The van der Waals surface area contributed by atoms with Gasteiger partial charge in [-0.3, -0.25) is 10.2 Å². The van der Waals surface area contributed by atoms with Crippen molar-refractivity contribution in [3.63, 3.8) is 0 Å². The average Bonchev–Trinajstić information content (AvgIpc) is 3.02. The zero-order chi connectivity index (χ0) is 21.3. The first-order valence-corrected chi connectivity index (χ1v) is 10.2. The lowest BCUT2D eigenvalue weighted by atomic mass is 9.76. The predicted octanol–water partition coefficient (Wildman–Crippen LogP) is 6.02. The van der Waals surface area contributed by atoms with Crippen molar-refractivity contribution in [2.24, 2.45) is 10.6 Å². The van der Waals surface area contributed by atoms with Crippen LogP contribution in [0, 0.1) is 19.3 Å². The van der Waals surface area contributed by atoms with E-state index in [-0.39, 0.29) is 5.41 Å². The molecule has 1 aliphatic rings. The minimum Gasteiger partial charge on any atom is -0.318 e. The number of amides is 1. The third kappa shape index (κ3) is 4.15. The van der Waals surface area contributed by atoms with Crippen molar-refractivity contribution in [2.45, 2.75) is 40.5 Å². The third-order valence-electron chi connectivity index (χ3n) is 5.44. The summed E-state index contributed by atoms with van der Waals surface area (Å²) in [6.45, 7) is 8.63. The summed E-state index contributed by atoms with van der Waals surface area (Å²) in [5.74, 6) is 0. The van der Waals surface area contributed by atoms with Crippen LogP contribution >= 0.6 is 0 Å². The van der Waals surface area contributed by atoms with Crippen molar-refractivity contribution in [2.75, 3.05) is 5.32 Å². The maximum atomic E-state index is 12.2. The maximum Gasteiger partial charge on any atom is 0.437 e. The second-order valence-electron chi connectivity index (χ2n) is 8.74. The normalized spacial score (nSPS) is 16.2. The molecule has 0 spiro atoms. The fraction of sp³-hybridized carbons (Fsp3) is 0.280. The SMILES string of the molecule is Cc1ccc(-n2c(C)cc3c2CC(C)(C)C/C3=N\OC(=O)Nc2ccccc2)cc1. The summed E-state index contributed by atoms with van der Waals surface area (Å²) < 4.78 is 2.29. The minimum atomic E-state index is -0.590. The van der Waals surface area contributed by atoms with Gasteiger partial charge in [0.05, 0.1) is 5.71 Å². The molecule has 1 heterocycles. The van der Waals surface area contributed by atoms with Crippen molar-refractivity contribution in [1.29, 1.82) is 0 Å². The number of carbonyl (C=O) groups is 1. The third-order valence-corrected chi connectivity index (χ3v) is 5.44. The Hall–Kier alpha value is -3.34. The van der Waals surface area contributed by atoms with Gasteiger partial charge >= 0.3 is 6.09 Å². The number of anilines is 1. The Morgan fingerprint density at radius 3 is 2.43 bits per heavy atom. The Bertz CT molecular complexity index is 1090. The minimum absolute atomic E-state index is 0.0122. The van der Waals surface area contributed by atoms with Crippen molar-refractivity contribution >= 4 is 17.5 Å². The Kier molecular flexibility index (Phi) is 5.20. The lowest BCUT2D eigenvalue weighted by Crippen LogP contribution is -2.29. The summed E-state index contributed by atoms with van der Waals surface area (Å²) in [5.41, 5.74) is 7.27. The Morgan fingerprint density at radius 2 is 1.73 bits per heavy atom. The molecule has 1 aliphatic carbocycles. The molecule has 0 saturated heterocycles. The van der Waals surface area contributed by atoms with E-state index in [4.69, 9.17) is 4.84 Å². The second kappa shape index (κ2) is 7.82. The van der Waals surface area contributed by atoms with E-state index in [1.54, 1.807) is 12.1 Å². The van der Waals surface area contributed by atoms with Gasteiger partial charge in [0.15, 0.2) is 0 Å². The molecule has 0 atom stereocenters. The predicted molar refractivity (Wildman–Crippen MR) is 120 cm³/mol. The van der Waals surface area contributed by atoms with E-state index in [1.165, 1.54) is 11.3 Å². The number of hydrogen-bond donors (Lipinski definition) is 1. The van der Waals surface area contributed by atoms with Crippen LogP contribution in [0.25, 0.3) is 5.69 Å². The summed E-state index contributed by atoms with van der Waals surface area (Å²) in [5, 5.41) is 6.97. The molecular formula is C25H27N3O2. The van der Waals surface area contributed by atoms with Crippen LogP contribution in [0.15, 0.2) is 65.8 Å². The molecule has 0 fully saturated rings. The summed E-state index contributed by atoms with van der Waals surface area (Å²) in [6.07, 6.45) is 1.09. The number of para-hydroxylation sites is 1. The average molecular weight is 402 g/mol. The second-order valence-corrected chi connectivity index (χ2v) is 8.74. The molecule has 0 unspecified atom stereocenters. The highest BCUT2D eigenvalue weighted by Gasteiger charge is 2.33. The van der Waals surface area contributed by atoms with Gasteiger partial charge in [-0.05, 0) is 62.4 Å². The van der Waals surface area contributed by atoms with Crippen molar-refractivity contribution < 1.29 is 9.63 Å². The number of benzene rings is 2. The highest BCUT2D eigenvalue weighted by Crippen LogP contribution is 2.38. The molecule has 1 amide bonds. The van der Waals surface area contributed by atoms with Crippen molar-refractivity contribution in [1.82, 2.24) is 4.57 Å². The van der Waals surface area contributed by atoms with Gasteiger partial charge in [-0.15, -0.1) is 0 Å². The van der Waals surface area contributed by atoms with E-state index in [0.29, 0.717) is 5.69 Å². The van der Waals surface area contributed by atoms with Gasteiger partial charge in [-0.1, -0.05) is 54.9 Å². The molecule has 30 heavy (non-hydrogen) atoms. The van der Waals surface area contributed by atoms with E-state index in [1.807, 2.05) is 18.2 Å². The largest absolute Gasteiger partial charge is 0.437 e. The smallest absolute Gasteiger partial charge is 0.318 e. The topological polar surface area (TPSA) is 55.6 Å². The quantitative estimate of drug-likeness (QED) is 0.431. The Labute approximate surface area is 177 Å². The standard InChI is InChI=1S/C25H27N3O2/c1-17-10-12-20(13-11-17)28-18(2)14-21-22(15-25(3,4)16-23(21)28)27-30-24(29)26-19-8-6-5-7-9-19/h5-14H,15-16H2,1-4H3,(H,26,29)/b27-22+. The monoisotopic (exact) mass is 401 g/mol. The molecule has 0 radical (unpaired) electrons. The number of aryl methyl sites for hydroxylation is 2. The number of aromatic nitrogens is 1.